The number of rotatable bonds is 9. The molecule has 0 atom stereocenters. The summed E-state index contributed by atoms with van der Waals surface area (Å²) in [5.41, 5.74) is 0.599. The minimum Gasteiger partial charge on any atom is -0.356 e. The van der Waals surface area contributed by atoms with E-state index < -0.39 is 0 Å². The van der Waals surface area contributed by atoms with Crippen LogP contribution in [0.1, 0.15) is 36.0 Å². The number of benzene rings is 1. The lowest BCUT2D eigenvalue weighted by Crippen LogP contribution is -2.25. The maximum absolute atomic E-state index is 11.9. The summed E-state index contributed by atoms with van der Waals surface area (Å²) < 4.78 is 2.51. The van der Waals surface area contributed by atoms with Crippen molar-refractivity contribution in [3.63, 3.8) is 0 Å². The van der Waals surface area contributed by atoms with E-state index in [-0.39, 0.29) is 30.1 Å². The highest BCUT2D eigenvalue weighted by atomic mass is 79.9. The first-order valence-electron chi connectivity index (χ1n) is 8.27. The van der Waals surface area contributed by atoms with Crippen LogP contribution >= 0.6 is 15.9 Å². The van der Waals surface area contributed by atoms with Crippen molar-refractivity contribution in [2.75, 3.05) is 6.54 Å². The van der Waals surface area contributed by atoms with E-state index in [1.807, 2.05) is 18.2 Å². The molecule has 1 N–H and O–H groups in total. The Morgan fingerprint density at radius 3 is 2.52 bits per heavy atom. The van der Waals surface area contributed by atoms with Gasteiger partial charge in [0.15, 0.2) is 5.78 Å². The Balaban J connectivity index is 1.62. The quantitative estimate of drug-likeness (QED) is 0.515. The number of carbonyl (C=O) groups excluding carboxylic acids is 2. The first-order chi connectivity index (χ1) is 12.1. The Morgan fingerprint density at radius 1 is 1.00 bits per heavy atom. The summed E-state index contributed by atoms with van der Waals surface area (Å²) in [5.74, 6) is -0.145. The molecule has 0 spiro atoms. The highest BCUT2D eigenvalue weighted by Crippen LogP contribution is 2.06. The fraction of sp³-hybridized carbons (Fsp3) is 0.316. The highest BCUT2D eigenvalue weighted by molar-refractivity contribution is 9.10. The van der Waals surface area contributed by atoms with Gasteiger partial charge in [0.1, 0.15) is 0 Å². The van der Waals surface area contributed by atoms with Crippen molar-refractivity contribution in [3.8, 4) is 0 Å². The van der Waals surface area contributed by atoms with Gasteiger partial charge in [0, 0.05) is 48.2 Å². The van der Waals surface area contributed by atoms with Gasteiger partial charge in [-0.25, -0.2) is 0 Å². The molecule has 0 aliphatic heterocycles. The van der Waals surface area contributed by atoms with Gasteiger partial charge in [0.2, 0.25) is 5.91 Å². The summed E-state index contributed by atoms with van der Waals surface area (Å²) in [4.78, 5) is 35.4. The van der Waals surface area contributed by atoms with Crippen LogP contribution in [0.4, 0.5) is 0 Å². The highest BCUT2D eigenvalue weighted by Gasteiger charge is 2.08. The summed E-state index contributed by atoms with van der Waals surface area (Å²) >= 11 is 3.34. The van der Waals surface area contributed by atoms with E-state index in [2.05, 4.69) is 21.2 Å². The molecule has 132 valence electrons. The number of carbonyl (C=O) groups is 2. The number of amides is 1. The van der Waals surface area contributed by atoms with Crippen LogP contribution in [-0.2, 0) is 11.3 Å². The Kier molecular flexibility index (Phi) is 7.60. The zero-order valence-corrected chi connectivity index (χ0v) is 15.5. The third-order valence-electron chi connectivity index (χ3n) is 3.77. The van der Waals surface area contributed by atoms with Crippen molar-refractivity contribution in [2.45, 2.75) is 32.2 Å². The Bertz CT molecular complexity index is 772. The molecule has 0 bridgehead atoms. The van der Waals surface area contributed by atoms with Crippen molar-refractivity contribution in [3.05, 3.63) is 69.1 Å². The number of ketones is 1. The maximum atomic E-state index is 11.9. The van der Waals surface area contributed by atoms with Gasteiger partial charge >= 0.3 is 0 Å². The number of aryl methyl sites for hydroxylation is 1. The SMILES string of the molecule is O=C(CCC(=O)c1ccccc1)NCCCCn1cc(Br)ccc1=O. The van der Waals surface area contributed by atoms with Crippen molar-refractivity contribution in [2.24, 2.45) is 0 Å². The maximum Gasteiger partial charge on any atom is 0.250 e. The number of nitrogens with one attached hydrogen (secondary N) is 1. The second-order valence-corrected chi connectivity index (χ2v) is 6.64. The van der Waals surface area contributed by atoms with Gasteiger partial charge in [-0.2, -0.15) is 0 Å². The number of Topliss-reactive ketones (excluding diaryl/α,β-unsaturated/α-hetero) is 1. The monoisotopic (exact) mass is 404 g/mol. The van der Waals surface area contributed by atoms with Crippen LogP contribution in [0, 0.1) is 0 Å². The predicted octanol–water partition coefficient (Wildman–Crippen LogP) is 3.17. The van der Waals surface area contributed by atoms with Gasteiger partial charge in [-0.05, 0) is 34.8 Å². The number of hydrogen-bond donors (Lipinski definition) is 1. The molecule has 1 aromatic heterocycles. The predicted molar refractivity (Wildman–Crippen MR) is 101 cm³/mol. The Hall–Kier alpha value is -2.21. The Morgan fingerprint density at radius 2 is 1.76 bits per heavy atom. The smallest absolute Gasteiger partial charge is 0.250 e. The number of hydrogen-bond acceptors (Lipinski definition) is 3. The van der Waals surface area contributed by atoms with Crippen LogP contribution in [0.15, 0.2) is 57.9 Å². The van der Waals surface area contributed by atoms with E-state index in [4.69, 9.17) is 0 Å². The van der Waals surface area contributed by atoms with Gasteiger partial charge in [0.05, 0.1) is 0 Å². The average molecular weight is 405 g/mol. The molecule has 1 amide bonds. The van der Waals surface area contributed by atoms with Crippen molar-refractivity contribution in [1.29, 1.82) is 0 Å². The van der Waals surface area contributed by atoms with Gasteiger partial charge < -0.3 is 9.88 Å². The summed E-state index contributed by atoms with van der Waals surface area (Å²) in [7, 11) is 0. The minimum atomic E-state index is -0.121. The van der Waals surface area contributed by atoms with Crippen LogP contribution < -0.4 is 10.9 Å². The average Bonchev–Trinajstić information content (AvgIpc) is 2.63. The molecule has 1 aromatic carbocycles. The molecule has 25 heavy (non-hydrogen) atoms. The van der Waals surface area contributed by atoms with Gasteiger partial charge in [-0.1, -0.05) is 30.3 Å². The summed E-state index contributed by atoms with van der Waals surface area (Å²) in [6.07, 6.45) is 3.73. The van der Waals surface area contributed by atoms with Crippen molar-refractivity contribution >= 4 is 27.6 Å². The zero-order valence-electron chi connectivity index (χ0n) is 13.9. The third-order valence-corrected chi connectivity index (χ3v) is 4.24. The van der Waals surface area contributed by atoms with Gasteiger partial charge in [-0.3, -0.25) is 14.4 Å². The minimum absolute atomic E-state index is 0.0234. The number of aromatic nitrogens is 1. The number of nitrogens with zero attached hydrogens (tertiary/aromatic N) is 1. The van der Waals surface area contributed by atoms with Crippen LogP contribution in [0.2, 0.25) is 0 Å². The molecule has 0 aliphatic rings. The molecule has 5 nitrogen and oxygen atoms in total. The largest absolute Gasteiger partial charge is 0.356 e. The molecule has 1 heterocycles. The van der Waals surface area contributed by atoms with Crippen molar-refractivity contribution in [1.82, 2.24) is 9.88 Å². The summed E-state index contributed by atoms with van der Waals surface area (Å²) in [6.45, 7) is 1.15. The summed E-state index contributed by atoms with van der Waals surface area (Å²) in [5, 5.41) is 2.81. The fourth-order valence-electron chi connectivity index (χ4n) is 2.40. The van der Waals surface area contributed by atoms with Crippen LogP contribution in [0.25, 0.3) is 0 Å². The third kappa shape index (κ3) is 6.66. The number of unbranched alkanes of at least 4 members (excludes halogenated alkanes) is 1. The van der Waals surface area contributed by atoms with E-state index in [0.717, 1.165) is 17.3 Å². The lowest BCUT2D eigenvalue weighted by atomic mass is 10.1. The van der Waals surface area contributed by atoms with Crippen molar-refractivity contribution < 1.29 is 9.59 Å². The first-order valence-corrected chi connectivity index (χ1v) is 9.06. The molecule has 6 heteroatoms. The fourth-order valence-corrected chi connectivity index (χ4v) is 2.78. The molecule has 0 unspecified atom stereocenters. The second-order valence-electron chi connectivity index (χ2n) is 5.73. The van der Waals surface area contributed by atoms with E-state index in [0.29, 0.717) is 18.7 Å². The van der Waals surface area contributed by atoms with E-state index in [9.17, 15) is 14.4 Å². The van der Waals surface area contributed by atoms with E-state index in [1.54, 1.807) is 29.0 Å². The molecule has 0 saturated heterocycles. The van der Waals surface area contributed by atoms with Crippen LogP contribution in [0.3, 0.4) is 0 Å². The molecule has 0 aliphatic carbocycles. The number of pyridine rings is 1. The molecular weight excluding hydrogens is 384 g/mol. The van der Waals surface area contributed by atoms with E-state index >= 15 is 0 Å². The lowest BCUT2D eigenvalue weighted by molar-refractivity contribution is -0.121. The topological polar surface area (TPSA) is 68.2 Å². The number of halogens is 1. The standard InChI is InChI=1S/C19H21BrN2O3/c20-16-8-11-19(25)22(14-16)13-5-4-12-21-18(24)10-9-17(23)15-6-2-1-3-7-15/h1-3,6-8,11,14H,4-5,9-10,12-13H2,(H,21,24). The normalized spacial score (nSPS) is 10.4. The van der Waals surface area contributed by atoms with Gasteiger partial charge in [0.25, 0.3) is 5.56 Å². The molecule has 2 rings (SSSR count). The Labute approximate surface area is 155 Å². The lowest BCUT2D eigenvalue weighted by Gasteiger charge is -2.07. The molecule has 0 fully saturated rings. The van der Waals surface area contributed by atoms with Gasteiger partial charge in [-0.15, -0.1) is 0 Å². The van der Waals surface area contributed by atoms with E-state index in [1.165, 1.54) is 6.07 Å². The molecular formula is C19H21BrN2O3. The zero-order chi connectivity index (χ0) is 18.1. The second kappa shape index (κ2) is 9.93. The first kappa shape index (κ1) is 19.1. The van der Waals surface area contributed by atoms with Crippen LogP contribution in [0.5, 0.6) is 0 Å². The molecule has 2 aromatic rings. The molecule has 0 saturated carbocycles. The van der Waals surface area contributed by atoms with Crippen LogP contribution in [-0.4, -0.2) is 22.8 Å². The molecule has 0 radical (unpaired) electrons. The summed E-state index contributed by atoms with van der Waals surface area (Å²) in [6, 6.07) is 12.2.